The van der Waals surface area contributed by atoms with Gasteiger partial charge in [-0.25, -0.2) is 4.79 Å². The van der Waals surface area contributed by atoms with Crippen molar-refractivity contribution in [2.75, 3.05) is 59.2 Å². The van der Waals surface area contributed by atoms with Crippen molar-refractivity contribution in [1.29, 1.82) is 0 Å². The maximum atomic E-state index is 12.8. The molecule has 0 unspecified atom stereocenters. The zero-order valence-electron chi connectivity index (χ0n) is 19.5. The van der Waals surface area contributed by atoms with Gasteiger partial charge < -0.3 is 30.1 Å². The van der Waals surface area contributed by atoms with Crippen molar-refractivity contribution in [3.05, 3.63) is 34.4 Å². The molecule has 5 rings (SSSR count). The third-order valence-corrected chi connectivity index (χ3v) is 6.97. The van der Waals surface area contributed by atoms with E-state index in [0.29, 0.717) is 75.3 Å². The molecule has 0 aliphatic carbocycles. The van der Waals surface area contributed by atoms with E-state index in [9.17, 15) is 4.79 Å². The van der Waals surface area contributed by atoms with Crippen LogP contribution >= 0.6 is 11.3 Å². The molecule has 3 aromatic rings. The van der Waals surface area contributed by atoms with Gasteiger partial charge in [-0.1, -0.05) is 0 Å². The van der Waals surface area contributed by atoms with Gasteiger partial charge in [-0.2, -0.15) is 10.2 Å². The summed E-state index contributed by atoms with van der Waals surface area (Å²) in [5, 5.41) is 14.4. The number of thiophene rings is 1. The number of carbonyl (C=O) groups excluding carboxylic acids is 1. The first kappa shape index (κ1) is 23.4. The summed E-state index contributed by atoms with van der Waals surface area (Å²) in [5.41, 5.74) is 13.6. The van der Waals surface area contributed by atoms with Crippen molar-refractivity contribution < 1.29 is 23.4 Å². The number of hydrogen-bond donors (Lipinski definition) is 2. The van der Waals surface area contributed by atoms with Gasteiger partial charge in [-0.05, 0) is 25.1 Å². The van der Waals surface area contributed by atoms with E-state index in [0.717, 1.165) is 20.3 Å². The minimum Gasteiger partial charge on any atom is -0.462 e. The van der Waals surface area contributed by atoms with E-state index in [-0.39, 0.29) is 12.4 Å². The van der Waals surface area contributed by atoms with Gasteiger partial charge in [0.2, 0.25) is 0 Å². The average Bonchev–Trinajstić information content (AvgIpc) is 3.50. The molecule has 0 bridgehead atoms. The summed E-state index contributed by atoms with van der Waals surface area (Å²) in [6, 6.07) is 5.47. The number of benzene rings is 1. The summed E-state index contributed by atoms with van der Waals surface area (Å²) in [6.07, 6.45) is 0. The number of morpholine rings is 2. The van der Waals surface area contributed by atoms with Crippen molar-refractivity contribution in [2.45, 2.75) is 6.92 Å². The van der Waals surface area contributed by atoms with E-state index >= 15 is 0 Å². The molecule has 4 N–H and O–H groups in total. The highest BCUT2D eigenvalue weighted by molar-refractivity contribution is 7.21. The molecule has 0 radical (unpaired) electrons. The van der Waals surface area contributed by atoms with Gasteiger partial charge in [0.1, 0.15) is 5.58 Å². The number of carbonyl (C=O) groups is 1. The minimum absolute atomic E-state index is 0.262. The monoisotopic (exact) mass is 500 g/mol. The lowest BCUT2D eigenvalue weighted by Crippen LogP contribution is -2.34. The summed E-state index contributed by atoms with van der Waals surface area (Å²) < 4.78 is 22.8. The van der Waals surface area contributed by atoms with Crippen molar-refractivity contribution in [3.8, 4) is 0 Å². The quantitative estimate of drug-likeness (QED) is 0.294. The lowest BCUT2D eigenvalue weighted by molar-refractivity contribution is 0.0392. The van der Waals surface area contributed by atoms with Gasteiger partial charge in [0.05, 0.1) is 74.4 Å². The maximum Gasteiger partial charge on any atom is 0.339 e. The number of amidine groups is 2. The number of hydrogen-bond acceptors (Lipinski definition) is 10. The van der Waals surface area contributed by atoms with E-state index in [1.54, 1.807) is 13.0 Å². The normalized spacial score (nSPS) is 18.0. The molecule has 2 saturated heterocycles. The molecule has 0 saturated carbocycles. The fourth-order valence-electron chi connectivity index (χ4n) is 4.03. The Kier molecular flexibility index (Phi) is 6.75. The second kappa shape index (κ2) is 10.1. The topological polar surface area (TPSA) is 141 Å². The second-order valence-corrected chi connectivity index (χ2v) is 9.18. The molecule has 11 nitrogen and oxygen atoms in total. The predicted octanol–water partition coefficient (Wildman–Crippen LogP) is 1.73. The standard InChI is InChI=1S/C23H28N6O5S/c1-2-33-23(30)16-12-17-14(11-18(34-17)21(24)26-28-3-7-31-8-4-28)15-13-19(35-20(15)16)22(25)27-29-5-9-32-10-6-29/h11-13H,2-10H2,1H3,(H2,24,26)(H2,25,27). The van der Waals surface area contributed by atoms with E-state index in [1.807, 2.05) is 22.2 Å². The van der Waals surface area contributed by atoms with E-state index < -0.39 is 5.97 Å². The van der Waals surface area contributed by atoms with Crippen LogP contribution in [0.4, 0.5) is 0 Å². The second-order valence-electron chi connectivity index (χ2n) is 8.12. The van der Waals surface area contributed by atoms with Crippen molar-refractivity contribution in [3.63, 3.8) is 0 Å². The maximum absolute atomic E-state index is 12.8. The number of furan rings is 1. The summed E-state index contributed by atoms with van der Waals surface area (Å²) >= 11 is 1.40. The highest BCUT2D eigenvalue weighted by Gasteiger charge is 2.22. The summed E-state index contributed by atoms with van der Waals surface area (Å²) in [4.78, 5) is 13.5. The molecule has 4 heterocycles. The summed E-state index contributed by atoms with van der Waals surface area (Å²) in [5.74, 6) is 0.645. The number of nitrogens with zero attached hydrogens (tertiary/aromatic N) is 4. The van der Waals surface area contributed by atoms with Gasteiger partial charge in [0, 0.05) is 10.8 Å². The van der Waals surface area contributed by atoms with Crippen LogP contribution in [0.25, 0.3) is 21.1 Å². The Morgan fingerprint density at radius 2 is 1.60 bits per heavy atom. The lowest BCUT2D eigenvalue weighted by atomic mass is 10.1. The van der Waals surface area contributed by atoms with Crippen LogP contribution in [0.3, 0.4) is 0 Å². The molecule has 2 aromatic heterocycles. The van der Waals surface area contributed by atoms with Gasteiger partial charge in [0.25, 0.3) is 0 Å². The van der Waals surface area contributed by atoms with Crippen LogP contribution in [0.5, 0.6) is 0 Å². The first-order chi connectivity index (χ1) is 17.0. The number of fused-ring (bicyclic) bond motifs is 3. The first-order valence-corrected chi connectivity index (χ1v) is 12.4. The molecule has 0 atom stereocenters. The van der Waals surface area contributed by atoms with Gasteiger partial charge >= 0.3 is 5.97 Å². The van der Waals surface area contributed by atoms with Crippen molar-refractivity contribution >= 4 is 50.0 Å². The Bertz CT molecular complexity index is 1290. The zero-order chi connectivity index (χ0) is 24.4. The van der Waals surface area contributed by atoms with Crippen LogP contribution in [-0.4, -0.2) is 86.9 Å². The molecular formula is C23H28N6O5S. The SMILES string of the molecule is CCOC(=O)c1cc2oc(/C(N)=N\N3CCOCC3)cc2c2cc(/C(N)=N\N3CCOCC3)sc12. The predicted molar refractivity (Wildman–Crippen MR) is 134 cm³/mol. The Morgan fingerprint density at radius 1 is 0.971 bits per heavy atom. The van der Waals surface area contributed by atoms with Crippen LogP contribution in [0.2, 0.25) is 0 Å². The number of rotatable bonds is 6. The Morgan fingerprint density at radius 3 is 2.23 bits per heavy atom. The molecular weight excluding hydrogens is 472 g/mol. The van der Waals surface area contributed by atoms with Crippen LogP contribution in [-0.2, 0) is 14.2 Å². The molecule has 0 amide bonds. The van der Waals surface area contributed by atoms with Crippen LogP contribution in [0.15, 0.2) is 32.8 Å². The Hall–Kier alpha value is -3.35. The molecule has 186 valence electrons. The molecule has 2 aliphatic rings. The Labute approximate surface area is 205 Å². The molecule has 12 heteroatoms. The molecule has 1 aromatic carbocycles. The van der Waals surface area contributed by atoms with Crippen molar-refractivity contribution in [1.82, 2.24) is 10.0 Å². The summed E-state index contributed by atoms with van der Waals surface area (Å²) in [6.45, 7) is 7.14. The zero-order valence-corrected chi connectivity index (χ0v) is 20.3. The largest absolute Gasteiger partial charge is 0.462 e. The van der Waals surface area contributed by atoms with E-state index in [2.05, 4.69) is 10.2 Å². The first-order valence-electron chi connectivity index (χ1n) is 11.5. The van der Waals surface area contributed by atoms with Gasteiger partial charge in [-0.15, -0.1) is 11.3 Å². The number of nitrogens with two attached hydrogens (primary N) is 2. The van der Waals surface area contributed by atoms with Crippen LogP contribution < -0.4 is 11.5 Å². The molecule has 2 fully saturated rings. The van der Waals surface area contributed by atoms with Crippen LogP contribution in [0.1, 0.15) is 27.9 Å². The third kappa shape index (κ3) is 4.90. The van der Waals surface area contributed by atoms with Crippen molar-refractivity contribution in [2.24, 2.45) is 21.7 Å². The third-order valence-electron chi connectivity index (χ3n) is 5.78. The van der Waals surface area contributed by atoms with E-state index in [1.165, 1.54) is 11.3 Å². The van der Waals surface area contributed by atoms with Gasteiger partial charge in [-0.3, -0.25) is 10.0 Å². The van der Waals surface area contributed by atoms with Crippen LogP contribution in [0, 0.1) is 0 Å². The molecule has 0 spiro atoms. The fraction of sp³-hybridized carbons (Fsp3) is 0.435. The molecule has 2 aliphatic heterocycles. The average molecular weight is 501 g/mol. The lowest BCUT2D eigenvalue weighted by Gasteiger charge is -2.24. The number of esters is 1. The highest BCUT2D eigenvalue weighted by Crippen LogP contribution is 2.37. The summed E-state index contributed by atoms with van der Waals surface area (Å²) in [7, 11) is 0. The number of hydrazone groups is 2. The van der Waals surface area contributed by atoms with E-state index in [4.69, 9.17) is 30.1 Å². The minimum atomic E-state index is -0.426. The Balaban J connectivity index is 1.57. The van der Waals surface area contributed by atoms with Gasteiger partial charge in [0.15, 0.2) is 17.4 Å². The molecule has 35 heavy (non-hydrogen) atoms. The fourth-order valence-corrected chi connectivity index (χ4v) is 5.11. The highest BCUT2D eigenvalue weighted by atomic mass is 32.1. The smallest absolute Gasteiger partial charge is 0.339 e. The number of ether oxygens (including phenoxy) is 3.